The van der Waals surface area contributed by atoms with Crippen LogP contribution in [0.25, 0.3) is 0 Å². The standard InChI is InChI=1S/C24H48NO8P.2Na/c1-2-3-4-5-8-11-14-17-24(27)33-23(21-32-34(28,29)30)20-25-18-15-12-9-6-7-10-13-16-19-31-22-26;;/h22-23,25H,2-21H2,1H3,(H2,28,29,30);;/q;2*+1/p-2/t23-;;/m0../s1. The molecule has 9 nitrogen and oxygen atoms in total. The molecule has 0 spiro atoms. The van der Waals surface area contributed by atoms with Gasteiger partial charge in [0.05, 0.1) is 21.0 Å². The maximum atomic E-state index is 12.1. The van der Waals surface area contributed by atoms with Crippen molar-refractivity contribution in [3.8, 4) is 0 Å². The Hall–Kier alpha value is 1.01. The smallest absolute Gasteiger partial charge is 0.790 e. The van der Waals surface area contributed by atoms with Gasteiger partial charge in [-0.15, -0.1) is 0 Å². The molecule has 0 aliphatic carbocycles. The van der Waals surface area contributed by atoms with Gasteiger partial charge in [0, 0.05) is 13.0 Å². The van der Waals surface area contributed by atoms with Gasteiger partial charge in [-0.1, -0.05) is 84.0 Å². The molecule has 12 heteroatoms. The molecule has 0 aromatic rings. The molecule has 202 valence electrons. The molecule has 0 saturated carbocycles. The summed E-state index contributed by atoms with van der Waals surface area (Å²) in [6.07, 6.45) is 15.7. The van der Waals surface area contributed by atoms with E-state index in [0.717, 1.165) is 70.6 Å². The molecule has 0 amide bonds. The van der Waals surface area contributed by atoms with Gasteiger partial charge in [-0.2, -0.15) is 0 Å². The first-order chi connectivity index (χ1) is 16.4. The monoisotopic (exact) mass is 553 g/mol. The molecule has 0 heterocycles. The molecule has 0 fully saturated rings. The SMILES string of the molecule is CCCCCCCCCC(=O)O[C@@H](CNCCCCCCCCCCOC=O)COP(=O)([O-])[O-].[Na+].[Na+]. The first kappa shape index (κ1) is 41.5. The van der Waals surface area contributed by atoms with E-state index in [-0.39, 0.29) is 72.1 Å². The molecule has 0 aromatic heterocycles. The third-order valence-corrected chi connectivity index (χ3v) is 5.97. The van der Waals surface area contributed by atoms with E-state index in [1.807, 2.05) is 0 Å². The quantitative estimate of drug-likeness (QED) is 0.0415. The fourth-order valence-electron chi connectivity index (χ4n) is 3.59. The fourth-order valence-corrected chi connectivity index (χ4v) is 3.94. The summed E-state index contributed by atoms with van der Waals surface area (Å²) in [5.41, 5.74) is 0. The first-order valence-electron chi connectivity index (χ1n) is 13.0. The van der Waals surface area contributed by atoms with Gasteiger partial charge in [-0.05, 0) is 25.8 Å². The Kier molecular flexibility index (Phi) is 35.2. The zero-order chi connectivity index (χ0) is 25.3. The molecule has 0 rings (SSSR count). The number of rotatable bonds is 26. The number of carbonyl (C=O) groups excluding carboxylic acids is 2. The largest absolute Gasteiger partial charge is 1.00 e. The third-order valence-electron chi connectivity index (χ3n) is 5.51. The Bertz CT molecular complexity index is 540. The number of esters is 1. The molecular weight excluding hydrogens is 507 g/mol. The van der Waals surface area contributed by atoms with E-state index < -0.39 is 26.5 Å². The van der Waals surface area contributed by atoms with E-state index in [1.54, 1.807) is 0 Å². The van der Waals surface area contributed by atoms with E-state index >= 15 is 0 Å². The van der Waals surface area contributed by atoms with Crippen molar-refractivity contribution in [1.82, 2.24) is 5.32 Å². The molecular formula is C24H46NNa2O8P. The van der Waals surface area contributed by atoms with Gasteiger partial charge < -0.3 is 33.7 Å². The molecule has 0 aromatic carbocycles. The van der Waals surface area contributed by atoms with Gasteiger partial charge in [0.1, 0.15) is 6.10 Å². The molecule has 0 bridgehead atoms. The number of nitrogens with one attached hydrogen (secondary N) is 1. The van der Waals surface area contributed by atoms with Crippen LogP contribution in [0.4, 0.5) is 0 Å². The Labute approximate surface area is 262 Å². The summed E-state index contributed by atoms with van der Waals surface area (Å²) in [5, 5.41) is 3.16. The maximum absolute atomic E-state index is 12.1. The van der Waals surface area contributed by atoms with Crippen LogP contribution in [0.3, 0.4) is 0 Å². The second kappa shape index (κ2) is 30.6. The van der Waals surface area contributed by atoms with Gasteiger partial charge in [0.2, 0.25) is 0 Å². The summed E-state index contributed by atoms with van der Waals surface area (Å²) < 4.78 is 25.1. The number of hydrogen-bond acceptors (Lipinski definition) is 9. The average Bonchev–Trinajstić information content (AvgIpc) is 2.79. The zero-order valence-corrected chi connectivity index (χ0v) is 27.9. The minimum absolute atomic E-state index is 0. The van der Waals surface area contributed by atoms with Crippen molar-refractivity contribution in [2.24, 2.45) is 0 Å². The Morgan fingerprint density at radius 3 is 1.94 bits per heavy atom. The number of phosphoric ester groups is 1. The van der Waals surface area contributed by atoms with Crippen LogP contribution in [0.5, 0.6) is 0 Å². The fraction of sp³-hybridized carbons (Fsp3) is 0.917. The van der Waals surface area contributed by atoms with Crippen LogP contribution >= 0.6 is 7.82 Å². The summed E-state index contributed by atoms with van der Waals surface area (Å²) in [7, 11) is -5.12. The summed E-state index contributed by atoms with van der Waals surface area (Å²) >= 11 is 0. The van der Waals surface area contributed by atoms with Crippen LogP contribution in [0.1, 0.15) is 110 Å². The number of carbonyl (C=O) groups is 2. The van der Waals surface area contributed by atoms with E-state index in [4.69, 9.17) is 4.74 Å². The molecule has 1 atom stereocenters. The van der Waals surface area contributed by atoms with Crippen molar-refractivity contribution in [2.45, 2.75) is 116 Å². The van der Waals surface area contributed by atoms with Gasteiger partial charge in [-0.3, -0.25) is 9.59 Å². The summed E-state index contributed by atoms with van der Waals surface area (Å²) in [6.45, 7) is 3.64. The van der Waals surface area contributed by atoms with Crippen LogP contribution in [-0.4, -0.2) is 44.8 Å². The summed E-state index contributed by atoms with van der Waals surface area (Å²) in [6, 6.07) is 0. The normalized spacial score (nSPS) is 11.8. The molecule has 0 aliphatic rings. The maximum Gasteiger partial charge on any atom is 1.00 e. The van der Waals surface area contributed by atoms with E-state index in [2.05, 4.69) is 21.5 Å². The summed E-state index contributed by atoms with van der Waals surface area (Å²) in [4.78, 5) is 43.7. The molecule has 36 heavy (non-hydrogen) atoms. The van der Waals surface area contributed by atoms with Crippen molar-refractivity contribution in [3.05, 3.63) is 0 Å². The molecule has 0 saturated heterocycles. The Morgan fingerprint density at radius 1 is 0.861 bits per heavy atom. The zero-order valence-electron chi connectivity index (χ0n) is 23.0. The Balaban J connectivity index is -0.00000544. The second-order valence-electron chi connectivity index (χ2n) is 8.73. The summed E-state index contributed by atoms with van der Waals surface area (Å²) in [5.74, 6) is -0.395. The van der Waals surface area contributed by atoms with Crippen LogP contribution < -0.4 is 74.2 Å². The van der Waals surface area contributed by atoms with Crippen molar-refractivity contribution in [1.29, 1.82) is 0 Å². The van der Waals surface area contributed by atoms with Crippen LogP contribution in [0, 0.1) is 0 Å². The average molecular weight is 554 g/mol. The van der Waals surface area contributed by atoms with E-state index in [0.29, 0.717) is 19.6 Å². The van der Waals surface area contributed by atoms with Gasteiger partial charge in [0.15, 0.2) is 0 Å². The van der Waals surface area contributed by atoms with Crippen molar-refractivity contribution >= 4 is 20.3 Å². The molecule has 0 radical (unpaired) electrons. The predicted octanol–water partition coefficient (Wildman–Crippen LogP) is -2.22. The molecule has 0 unspecified atom stereocenters. The van der Waals surface area contributed by atoms with Crippen LogP contribution in [0.15, 0.2) is 0 Å². The minimum Gasteiger partial charge on any atom is -0.790 e. The van der Waals surface area contributed by atoms with Gasteiger partial charge in [0.25, 0.3) is 6.47 Å². The second-order valence-corrected chi connectivity index (χ2v) is 9.88. The number of hydrogen-bond donors (Lipinski definition) is 1. The van der Waals surface area contributed by atoms with Crippen LogP contribution in [0.2, 0.25) is 0 Å². The van der Waals surface area contributed by atoms with Crippen LogP contribution in [-0.2, 0) is 28.2 Å². The van der Waals surface area contributed by atoms with Crippen molar-refractivity contribution in [2.75, 3.05) is 26.3 Å². The molecule has 0 aliphatic heterocycles. The minimum atomic E-state index is -5.12. The third kappa shape index (κ3) is 33.0. The van der Waals surface area contributed by atoms with Gasteiger partial charge >= 0.3 is 65.1 Å². The number of phosphoric acid groups is 1. The number of ether oxygens (including phenoxy) is 2. The molecule has 1 N–H and O–H groups in total. The van der Waals surface area contributed by atoms with E-state index in [9.17, 15) is 23.9 Å². The van der Waals surface area contributed by atoms with E-state index in [1.165, 1.54) is 25.7 Å². The topological polar surface area (TPSA) is 137 Å². The van der Waals surface area contributed by atoms with Gasteiger partial charge in [-0.25, -0.2) is 0 Å². The van der Waals surface area contributed by atoms with Crippen molar-refractivity contribution < 1.29 is 97.1 Å². The number of unbranched alkanes of at least 4 members (excludes halogenated alkanes) is 13. The first-order valence-corrected chi connectivity index (χ1v) is 14.5. The van der Waals surface area contributed by atoms with Crippen molar-refractivity contribution in [3.63, 3.8) is 0 Å². The predicted molar refractivity (Wildman–Crippen MR) is 128 cm³/mol. The Morgan fingerprint density at radius 2 is 1.39 bits per heavy atom.